The van der Waals surface area contributed by atoms with E-state index in [1.165, 1.54) is 6.08 Å². The molecule has 0 aromatic carbocycles. The summed E-state index contributed by atoms with van der Waals surface area (Å²) in [5, 5.41) is 2.91. The number of likely N-dealkylation sites (tertiary alicyclic amines) is 1. The van der Waals surface area contributed by atoms with E-state index in [0.29, 0.717) is 29.3 Å². The normalized spacial score (nSPS) is 20.4. The van der Waals surface area contributed by atoms with Crippen LogP contribution in [0.2, 0.25) is 0 Å². The summed E-state index contributed by atoms with van der Waals surface area (Å²) in [6, 6.07) is 0.0744. The summed E-state index contributed by atoms with van der Waals surface area (Å²) in [5.41, 5.74) is 2.52. The summed E-state index contributed by atoms with van der Waals surface area (Å²) in [6.45, 7) is 8.70. The van der Waals surface area contributed by atoms with Crippen molar-refractivity contribution in [1.29, 1.82) is 0 Å². The lowest BCUT2D eigenvalue weighted by atomic mass is 9.88. The number of aromatic amines is 1. The third-order valence-electron chi connectivity index (χ3n) is 5.41. The highest BCUT2D eigenvalue weighted by Crippen LogP contribution is 2.26. The lowest BCUT2D eigenvalue weighted by Gasteiger charge is -2.37. The Labute approximate surface area is 170 Å². The van der Waals surface area contributed by atoms with Crippen molar-refractivity contribution in [2.24, 2.45) is 5.92 Å². The molecule has 3 heterocycles. The number of ether oxygens (including phenoxy) is 1. The number of hydrogen-bond acceptors (Lipinski definition) is 5. The molecule has 1 aliphatic rings. The Morgan fingerprint density at radius 2 is 2.31 bits per heavy atom. The molecule has 2 aromatic heterocycles. The quantitative estimate of drug-likeness (QED) is 0.695. The van der Waals surface area contributed by atoms with Gasteiger partial charge in [-0.15, -0.1) is 0 Å². The molecule has 8 heteroatoms. The maximum atomic E-state index is 12.6. The minimum atomic E-state index is -0.197. The van der Waals surface area contributed by atoms with Crippen molar-refractivity contribution < 1.29 is 14.3 Å². The number of nitrogens with one attached hydrogen (secondary N) is 2. The zero-order valence-corrected chi connectivity index (χ0v) is 17.3. The highest BCUT2D eigenvalue weighted by Gasteiger charge is 2.28. The van der Waals surface area contributed by atoms with Gasteiger partial charge in [0.25, 0.3) is 5.91 Å². The molecular formula is C21H29N5O3. The maximum Gasteiger partial charge on any atom is 0.255 e. The predicted octanol–water partition coefficient (Wildman–Crippen LogP) is 2.08. The van der Waals surface area contributed by atoms with Crippen LogP contribution in [0.1, 0.15) is 42.7 Å². The van der Waals surface area contributed by atoms with Crippen molar-refractivity contribution in [3.8, 4) is 0 Å². The standard InChI is InChI=1S/C21H29N5O3/c1-5-18(27)26-7-6-15(8-14(26)3)9-16-10-22-20-19(25-16)17(11-23-20)21(28)24-13(2)12-29-4/h5,10-11,13-15H,1,6-9,12H2,2-4H3,(H,22,23)(H,24,28)/t13-,14-,15-/m0/s1. The van der Waals surface area contributed by atoms with E-state index in [-0.39, 0.29) is 23.9 Å². The Bertz CT molecular complexity index is 894. The SMILES string of the molecule is C=CC(=O)N1CC[C@H](Cc2cnc3[nH]cc(C(=O)N[C@@H](C)COC)c3n2)C[C@@H]1C. The van der Waals surface area contributed by atoms with E-state index in [1.807, 2.05) is 11.8 Å². The Morgan fingerprint density at radius 3 is 3.00 bits per heavy atom. The van der Waals surface area contributed by atoms with Gasteiger partial charge in [-0.2, -0.15) is 0 Å². The molecule has 2 amide bonds. The topological polar surface area (TPSA) is 100 Å². The molecule has 2 aromatic rings. The lowest BCUT2D eigenvalue weighted by Crippen LogP contribution is -2.44. The van der Waals surface area contributed by atoms with Gasteiger partial charge in [-0.1, -0.05) is 6.58 Å². The second-order valence-electron chi connectivity index (χ2n) is 7.77. The Kier molecular flexibility index (Phi) is 6.64. The number of H-pyrrole nitrogens is 1. The fraction of sp³-hybridized carbons (Fsp3) is 0.524. The number of carbonyl (C=O) groups excluding carboxylic acids is 2. The third-order valence-corrected chi connectivity index (χ3v) is 5.41. The number of nitrogens with zero attached hydrogens (tertiary/aromatic N) is 3. The molecule has 2 N–H and O–H groups in total. The summed E-state index contributed by atoms with van der Waals surface area (Å²) in [6.07, 6.45) is 7.38. The number of amides is 2. The van der Waals surface area contributed by atoms with Gasteiger partial charge in [0.1, 0.15) is 5.52 Å². The fourth-order valence-electron chi connectivity index (χ4n) is 3.99. The molecule has 0 bridgehead atoms. The number of rotatable bonds is 7. The summed E-state index contributed by atoms with van der Waals surface area (Å²) >= 11 is 0. The Morgan fingerprint density at radius 1 is 1.52 bits per heavy atom. The predicted molar refractivity (Wildman–Crippen MR) is 110 cm³/mol. The zero-order chi connectivity index (χ0) is 21.0. The molecule has 1 fully saturated rings. The molecule has 1 saturated heterocycles. The van der Waals surface area contributed by atoms with Crippen LogP contribution >= 0.6 is 0 Å². The molecule has 156 valence electrons. The number of fused-ring (bicyclic) bond motifs is 1. The van der Waals surface area contributed by atoms with Crippen LogP contribution in [0.3, 0.4) is 0 Å². The van der Waals surface area contributed by atoms with E-state index in [9.17, 15) is 9.59 Å². The molecule has 0 aliphatic carbocycles. The van der Waals surface area contributed by atoms with Crippen LogP contribution in [0.4, 0.5) is 0 Å². The molecule has 0 saturated carbocycles. The van der Waals surface area contributed by atoms with Crippen LogP contribution in [-0.2, 0) is 16.0 Å². The van der Waals surface area contributed by atoms with E-state index in [4.69, 9.17) is 9.72 Å². The van der Waals surface area contributed by atoms with Gasteiger partial charge in [0.05, 0.1) is 24.1 Å². The minimum absolute atomic E-state index is 0.0113. The summed E-state index contributed by atoms with van der Waals surface area (Å²) in [5.74, 6) is 0.212. The van der Waals surface area contributed by atoms with Crippen LogP contribution in [-0.4, -0.2) is 64.0 Å². The molecule has 1 aliphatic heterocycles. The van der Waals surface area contributed by atoms with Crippen LogP contribution < -0.4 is 5.32 Å². The van der Waals surface area contributed by atoms with E-state index < -0.39 is 0 Å². The van der Waals surface area contributed by atoms with Crippen molar-refractivity contribution in [3.63, 3.8) is 0 Å². The lowest BCUT2D eigenvalue weighted by molar-refractivity contribution is -0.129. The summed E-state index contributed by atoms with van der Waals surface area (Å²) < 4.78 is 5.07. The first-order valence-corrected chi connectivity index (χ1v) is 9.98. The monoisotopic (exact) mass is 399 g/mol. The van der Waals surface area contributed by atoms with E-state index >= 15 is 0 Å². The number of methoxy groups -OCH3 is 1. The van der Waals surface area contributed by atoms with Gasteiger partial charge >= 0.3 is 0 Å². The van der Waals surface area contributed by atoms with E-state index in [0.717, 1.165) is 31.5 Å². The van der Waals surface area contributed by atoms with Crippen LogP contribution in [0.5, 0.6) is 0 Å². The second-order valence-corrected chi connectivity index (χ2v) is 7.77. The van der Waals surface area contributed by atoms with Crippen molar-refractivity contribution in [2.45, 2.75) is 45.2 Å². The largest absolute Gasteiger partial charge is 0.383 e. The van der Waals surface area contributed by atoms with E-state index in [1.54, 1.807) is 19.5 Å². The molecule has 0 radical (unpaired) electrons. The Hall–Kier alpha value is -2.74. The first-order chi connectivity index (χ1) is 13.9. The highest BCUT2D eigenvalue weighted by molar-refractivity contribution is 6.04. The molecular weight excluding hydrogens is 370 g/mol. The third kappa shape index (κ3) is 4.82. The molecule has 29 heavy (non-hydrogen) atoms. The van der Waals surface area contributed by atoms with Crippen LogP contribution in [0.15, 0.2) is 25.0 Å². The number of carbonyl (C=O) groups is 2. The molecule has 3 rings (SSSR count). The second kappa shape index (κ2) is 9.17. The number of piperidine rings is 1. The Balaban J connectivity index is 1.71. The van der Waals surface area contributed by atoms with Crippen LogP contribution in [0.25, 0.3) is 11.2 Å². The first kappa shape index (κ1) is 21.0. The van der Waals surface area contributed by atoms with Gasteiger partial charge in [-0.25, -0.2) is 9.97 Å². The molecule has 3 atom stereocenters. The van der Waals surface area contributed by atoms with Crippen molar-refractivity contribution in [2.75, 3.05) is 20.3 Å². The van der Waals surface area contributed by atoms with E-state index in [2.05, 4.69) is 28.8 Å². The van der Waals surface area contributed by atoms with Crippen molar-refractivity contribution in [3.05, 3.63) is 36.3 Å². The number of hydrogen-bond donors (Lipinski definition) is 2. The average Bonchev–Trinajstić information content (AvgIpc) is 3.11. The van der Waals surface area contributed by atoms with Crippen molar-refractivity contribution >= 4 is 23.0 Å². The zero-order valence-electron chi connectivity index (χ0n) is 17.3. The smallest absolute Gasteiger partial charge is 0.255 e. The number of aromatic nitrogens is 3. The molecule has 0 spiro atoms. The van der Waals surface area contributed by atoms with Gasteiger partial charge in [0, 0.05) is 31.9 Å². The summed E-state index contributed by atoms with van der Waals surface area (Å²) in [7, 11) is 1.60. The average molecular weight is 399 g/mol. The van der Waals surface area contributed by atoms with Gasteiger partial charge in [0.2, 0.25) is 5.91 Å². The summed E-state index contributed by atoms with van der Waals surface area (Å²) in [4.78, 5) is 38.5. The van der Waals surface area contributed by atoms with Gasteiger partial charge in [0.15, 0.2) is 5.65 Å². The fourth-order valence-corrected chi connectivity index (χ4v) is 3.99. The van der Waals surface area contributed by atoms with Gasteiger partial charge in [-0.3, -0.25) is 9.59 Å². The highest BCUT2D eigenvalue weighted by atomic mass is 16.5. The van der Waals surface area contributed by atoms with Gasteiger partial charge in [-0.05, 0) is 45.1 Å². The molecule has 0 unspecified atom stereocenters. The first-order valence-electron chi connectivity index (χ1n) is 9.98. The van der Waals surface area contributed by atoms with Crippen molar-refractivity contribution in [1.82, 2.24) is 25.2 Å². The molecule has 8 nitrogen and oxygen atoms in total. The van der Waals surface area contributed by atoms with Crippen LogP contribution in [0, 0.1) is 5.92 Å². The minimum Gasteiger partial charge on any atom is -0.383 e. The van der Waals surface area contributed by atoms with Gasteiger partial charge < -0.3 is 19.9 Å². The maximum absolute atomic E-state index is 12.6.